The number of hydrogen-bond acceptors (Lipinski definition) is 6. The summed E-state index contributed by atoms with van der Waals surface area (Å²) < 4.78 is 12.8. The van der Waals surface area contributed by atoms with E-state index in [0.717, 1.165) is 40.4 Å². The SMILES string of the molecule is COCCn1c(SCCOc2cccc(Cl)c2)nc2sc3c(c2c1=O)CCCC3. The van der Waals surface area contributed by atoms with Crippen LogP contribution in [-0.4, -0.2) is 35.6 Å². The van der Waals surface area contributed by atoms with Crippen LogP contribution in [0.3, 0.4) is 0 Å². The summed E-state index contributed by atoms with van der Waals surface area (Å²) in [6.07, 6.45) is 4.38. The summed E-state index contributed by atoms with van der Waals surface area (Å²) in [7, 11) is 1.65. The Morgan fingerprint density at radius 2 is 2.14 bits per heavy atom. The number of aromatic nitrogens is 2. The van der Waals surface area contributed by atoms with Crippen LogP contribution in [0.4, 0.5) is 0 Å². The number of rotatable bonds is 8. The third-order valence-electron chi connectivity index (χ3n) is 4.94. The van der Waals surface area contributed by atoms with Crippen molar-refractivity contribution in [3.8, 4) is 5.75 Å². The maximum Gasteiger partial charge on any atom is 0.263 e. The largest absolute Gasteiger partial charge is 0.493 e. The molecule has 0 bridgehead atoms. The number of halogens is 1. The second-order valence-electron chi connectivity index (χ2n) is 6.89. The molecule has 5 nitrogen and oxygen atoms in total. The molecule has 1 aliphatic carbocycles. The molecule has 3 aromatic rings. The number of methoxy groups -OCH3 is 1. The Morgan fingerprint density at radius 1 is 1.28 bits per heavy atom. The van der Waals surface area contributed by atoms with E-state index in [0.29, 0.717) is 30.5 Å². The number of benzene rings is 1. The van der Waals surface area contributed by atoms with Crippen molar-refractivity contribution < 1.29 is 9.47 Å². The molecular weight excluding hydrogens is 428 g/mol. The maximum absolute atomic E-state index is 13.3. The molecule has 0 aliphatic heterocycles. The first kappa shape index (κ1) is 20.7. The zero-order valence-electron chi connectivity index (χ0n) is 16.3. The summed E-state index contributed by atoms with van der Waals surface area (Å²) in [5.74, 6) is 1.42. The Morgan fingerprint density at radius 3 is 2.97 bits per heavy atom. The number of thioether (sulfide) groups is 1. The zero-order valence-corrected chi connectivity index (χ0v) is 18.7. The van der Waals surface area contributed by atoms with Crippen molar-refractivity contribution in [3.05, 3.63) is 50.1 Å². The fraction of sp³-hybridized carbons (Fsp3) is 0.429. The van der Waals surface area contributed by atoms with E-state index in [9.17, 15) is 4.79 Å². The molecule has 0 radical (unpaired) electrons. The van der Waals surface area contributed by atoms with Gasteiger partial charge in [-0.1, -0.05) is 29.4 Å². The minimum Gasteiger partial charge on any atom is -0.493 e. The number of aryl methyl sites for hydroxylation is 2. The van der Waals surface area contributed by atoms with E-state index in [-0.39, 0.29) is 5.56 Å². The first-order valence-corrected chi connectivity index (χ1v) is 11.9. The summed E-state index contributed by atoms with van der Waals surface area (Å²) in [4.78, 5) is 20.4. The molecule has 0 unspecified atom stereocenters. The van der Waals surface area contributed by atoms with E-state index in [1.54, 1.807) is 40.8 Å². The monoisotopic (exact) mass is 450 g/mol. The van der Waals surface area contributed by atoms with E-state index in [1.165, 1.54) is 16.9 Å². The highest BCUT2D eigenvalue weighted by atomic mass is 35.5. The second kappa shape index (κ2) is 9.51. The van der Waals surface area contributed by atoms with Gasteiger partial charge in [-0.3, -0.25) is 9.36 Å². The van der Waals surface area contributed by atoms with Crippen molar-refractivity contribution in [1.82, 2.24) is 9.55 Å². The highest BCUT2D eigenvalue weighted by Gasteiger charge is 2.22. The van der Waals surface area contributed by atoms with Gasteiger partial charge < -0.3 is 9.47 Å². The van der Waals surface area contributed by atoms with Gasteiger partial charge in [0.2, 0.25) is 0 Å². The molecule has 0 saturated carbocycles. The van der Waals surface area contributed by atoms with Crippen LogP contribution < -0.4 is 10.3 Å². The van der Waals surface area contributed by atoms with Gasteiger partial charge in [-0.15, -0.1) is 11.3 Å². The van der Waals surface area contributed by atoms with Crippen molar-refractivity contribution in [2.24, 2.45) is 0 Å². The standard InChI is InChI=1S/C21H23ClN2O3S2/c1-26-10-9-24-20(25)18-16-7-2-3-8-17(16)29-19(18)23-21(24)28-12-11-27-15-6-4-5-14(22)13-15/h4-6,13H,2-3,7-12H2,1H3. The lowest BCUT2D eigenvalue weighted by Crippen LogP contribution is -2.25. The molecule has 1 aromatic carbocycles. The average Bonchev–Trinajstić information content (AvgIpc) is 3.09. The number of nitrogens with zero attached hydrogens (tertiary/aromatic N) is 2. The van der Waals surface area contributed by atoms with E-state index < -0.39 is 0 Å². The van der Waals surface area contributed by atoms with Crippen molar-refractivity contribution >= 4 is 44.9 Å². The topological polar surface area (TPSA) is 53.4 Å². The fourth-order valence-corrected chi connectivity index (χ4v) is 5.88. The van der Waals surface area contributed by atoms with Crippen LogP contribution in [0.2, 0.25) is 5.02 Å². The number of ether oxygens (including phenoxy) is 2. The van der Waals surface area contributed by atoms with Gasteiger partial charge in [-0.25, -0.2) is 4.98 Å². The molecule has 4 rings (SSSR count). The van der Waals surface area contributed by atoms with Gasteiger partial charge in [-0.05, 0) is 49.4 Å². The second-order valence-corrected chi connectivity index (χ2v) is 9.47. The van der Waals surface area contributed by atoms with Gasteiger partial charge in [0.15, 0.2) is 5.16 Å². The summed E-state index contributed by atoms with van der Waals surface area (Å²) in [6, 6.07) is 7.35. The minimum absolute atomic E-state index is 0.0599. The maximum atomic E-state index is 13.3. The lowest BCUT2D eigenvalue weighted by atomic mass is 9.97. The van der Waals surface area contributed by atoms with Crippen molar-refractivity contribution in [2.75, 3.05) is 26.1 Å². The van der Waals surface area contributed by atoms with Gasteiger partial charge in [0.05, 0.1) is 25.1 Å². The molecule has 0 spiro atoms. The summed E-state index contributed by atoms with van der Waals surface area (Å²) >= 11 is 9.22. The highest BCUT2D eigenvalue weighted by molar-refractivity contribution is 7.99. The predicted molar refractivity (Wildman–Crippen MR) is 120 cm³/mol. The van der Waals surface area contributed by atoms with E-state index in [2.05, 4.69) is 0 Å². The van der Waals surface area contributed by atoms with Crippen LogP contribution in [-0.2, 0) is 24.1 Å². The molecule has 1 aliphatic rings. The molecule has 0 saturated heterocycles. The number of fused-ring (bicyclic) bond motifs is 3. The van der Waals surface area contributed by atoms with Crippen molar-refractivity contribution in [3.63, 3.8) is 0 Å². The minimum atomic E-state index is 0.0599. The van der Waals surface area contributed by atoms with Gasteiger partial charge in [0, 0.05) is 22.8 Å². The summed E-state index contributed by atoms with van der Waals surface area (Å²) in [5, 5.41) is 2.20. The van der Waals surface area contributed by atoms with Crippen LogP contribution in [0, 0.1) is 0 Å². The third-order valence-corrected chi connectivity index (χ3v) is 7.30. The van der Waals surface area contributed by atoms with Crippen molar-refractivity contribution in [1.29, 1.82) is 0 Å². The Bertz CT molecular complexity index is 1060. The molecule has 0 amide bonds. The molecular formula is C21H23ClN2O3S2. The van der Waals surface area contributed by atoms with E-state index in [4.69, 9.17) is 26.1 Å². The van der Waals surface area contributed by atoms with E-state index >= 15 is 0 Å². The third kappa shape index (κ3) is 4.63. The Balaban J connectivity index is 1.56. The molecule has 2 heterocycles. The molecule has 0 N–H and O–H groups in total. The van der Waals surface area contributed by atoms with Gasteiger partial charge in [0.1, 0.15) is 10.6 Å². The molecule has 154 valence electrons. The highest BCUT2D eigenvalue weighted by Crippen LogP contribution is 2.34. The zero-order chi connectivity index (χ0) is 20.2. The van der Waals surface area contributed by atoms with Crippen LogP contribution in [0.5, 0.6) is 5.75 Å². The molecule has 29 heavy (non-hydrogen) atoms. The number of thiophene rings is 1. The predicted octanol–water partition coefficient (Wildman–Crippen LogP) is 4.81. The van der Waals surface area contributed by atoms with Crippen molar-refractivity contribution in [2.45, 2.75) is 37.4 Å². The Labute approximate surface area is 183 Å². The Kier molecular flexibility index (Phi) is 6.80. The first-order valence-electron chi connectivity index (χ1n) is 9.72. The smallest absolute Gasteiger partial charge is 0.263 e. The van der Waals surface area contributed by atoms with Gasteiger partial charge in [-0.2, -0.15) is 0 Å². The average molecular weight is 451 g/mol. The summed E-state index contributed by atoms with van der Waals surface area (Å²) in [5.41, 5.74) is 1.28. The van der Waals surface area contributed by atoms with E-state index in [1.807, 2.05) is 18.2 Å². The molecule has 8 heteroatoms. The van der Waals surface area contributed by atoms with Crippen LogP contribution in [0.1, 0.15) is 23.3 Å². The molecule has 0 fully saturated rings. The first-order chi connectivity index (χ1) is 14.2. The van der Waals surface area contributed by atoms with Gasteiger partial charge >= 0.3 is 0 Å². The lowest BCUT2D eigenvalue weighted by Gasteiger charge is -2.13. The normalized spacial score (nSPS) is 13.6. The van der Waals surface area contributed by atoms with Crippen LogP contribution in [0.15, 0.2) is 34.2 Å². The van der Waals surface area contributed by atoms with Gasteiger partial charge in [0.25, 0.3) is 5.56 Å². The number of hydrogen-bond donors (Lipinski definition) is 0. The summed E-state index contributed by atoms with van der Waals surface area (Å²) in [6.45, 7) is 1.48. The lowest BCUT2D eigenvalue weighted by molar-refractivity contribution is 0.183. The fourth-order valence-electron chi connectivity index (χ4n) is 3.56. The molecule has 0 atom stereocenters. The quantitative estimate of drug-likeness (QED) is 0.280. The van der Waals surface area contributed by atoms with Crippen LogP contribution >= 0.6 is 34.7 Å². The van der Waals surface area contributed by atoms with Crippen LogP contribution in [0.25, 0.3) is 10.2 Å². The Hall–Kier alpha value is -1.54. The molecule has 2 aromatic heterocycles.